The molecule has 0 amide bonds. The molecule has 2 atom stereocenters. The highest BCUT2D eigenvalue weighted by atomic mass is 32.2. The maximum atomic E-state index is 11.2. The molecule has 42 heavy (non-hydrogen) atoms. The molecular weight excluding hydrogens is 574 g/mol. The van der Waals surface area contributed by atoms with Crippen LogP contribution in [0.15, 0.2) is 36.4 Å². The summed E-state index contributed by atoms with van der Waals surface area (Å²) >= 11 is 0. The molecular formula is C30H45N3O7SSi. The van der Waals surface area contributed by atoms with Gasteiger partial charge in [0, 0.05) is 24.7 Å². The van der Waals surface area contributed by atoms with E-state index in [-0.39, 0.29) is 11.3 Å². The number of fused-ring (bicyclic) bond motifs is 1. The van der Waals surface area contributed by atoms with E-state index >= 15 is 0 Å². The Balaban J connectivity index is 1.51. The van der Waals surface area contributed by atoms with Crippen LogP contribution in [0.4, 0.5) is 0 Å². The minimum atomic E-state index is -3.48. The van der Waals surface area contributed by atoms with Crippen molar-refractivity contribution < 1.29 is 31.2 Å². The molecule has 1 aliphatic rings. The Labute approximate surface area is 250 Å². The lowest BCUT2D eigenvalue weighted by molar-refractivity contribution is -0.0365. The molecule has 0 saturated carbocycles. The number of rotatable bonds is 13. The van der Waals surface area contributed by atoms with Crippen molar-refractivity contribution in [1.29, 1.82) is 0 Å². The van der Waals surface area contributed by atoms with Gasteiger partial charge in [-0.1, -0.05) is 26.8 Å². The highest BCUT2D eigenvalue weighted by molar-refractivity contribution is 7.86. The third-order valence-electron chi connectivity index (χ3n) is 7.74. The summed E-state index contributed by atoms with van der Waals surface area (Å²) in [6.45, 7) is 14.6. The molecule has 1 aromatic carbocycles. The number of ether oxygens (including phenoxy) is 3. The second kappa shape index (κ2) is 13.4. The summed E-state index contributed by atoms with van der Waals surface area (Å²) < 4.78 is 53.6. The van der Waals surface area contributed by atoms with Crippen molar-refractivity contribution in [2.45, 2.75) is 83.8 Å². The molecule has 1 saturated heterocycles. The van der Waals surface area contributed by atoms with Crippen LogP contribution < -0.4 is 9.16 Å². The molecule has 0 aliphatic carbocycles. The Morgan fingerprint density at radius 2 is 1.90 bits per heavy atom. The summed E-state index contributed by atoms with van der Waals surface area (Å²) in [5, 5.41) is 6.05. The second-order valence-electron chi connectivity index (χ2n) is 12.4. The Bertz CT molecular complexity index is 1450. The van der Waals surface area contributed by atoms with Gasteiger partial charge in [0.15, 0.2) is 6.23 Å². The fourth-order valence-corrected chi connectivity index (χ4v) is 6.20. The van der Waals surface area contributed by atoms with Crippen LogP contribution in [-0.4, -0.2) is 70.3 Å². The van der Waals surface area contributed by atoms with E-state index in [9.17, 15) is 8.42 Å². The van der Waals surface area contributed by atoms with Crippen LogP contribution in [0.2, 0.25) is 18.1 Å². The number of hydrogen-bond donors (Lipinski definition) is 0. The fourth-order valence-electron chi connectivity index (χ4n) is 4.49. The molecule has 2 aromatic heterocycles. The number of aromatic nitrogens is 3. The number of hydrogen-bond acceptors (Lipinski definition) is 9. The summed E-state index contributed by atoms with van der Waals surface area (Å²) in [5.41, 5.74) is 2.43. The van der Waals surface area contributed by atoms with Crippen LogP contribution in [0.5, 0.6) is 11.6 Å². The Hall–Kier alpha value is -2.51. The summed E-state index contributed by atoms with van der Waals surface area (Å²) in [4.78, 5) is 4.77. The van der Waals surface area contributed by atoms with Crippen LogP contribution in [0.3, 0.4) is 0 Å². The van der Waals surface area contributed by atoms with E-state index in [1.165, 1.54) is 0 Å². The molecule has 0 radical (unpaired) electrons. The van der Waals surface area contributed by atoms with Gasteiger partial charge >= 0.3 is 0 Å². The van der Waals surface area contributed by atoms with E-state index in [0.717, 1.165) is 54.5 Å². The predicted octanol–water partition coefficient (Wildman–Crippen LogP) is 6.33. The summed E-state index contributed by atoms with van der Waals surface area (Å²) in [6, 6.07) is 11.8. The van der Waals surface area contributed by atoms with E-state index in [2.05, 4.69) is 46.0 Å². The van der Waals surface area contributed by atoms with Gasteiger partial charge < -0.3 is 18.6 Å². The van der Waals surface area contributed by atoms with Gasteiger partial charge in [-0.05, 0) is 75.0 Å². The van der Waals surface area contributed by atoms with Gasteiger partial charge in [-0.15, -0.1) is 0 Å². The Morgan fingerprint density at radius 1 is 1.12 bits per heavy atom. The van der Waals surface area contributed by atoms with Crippen LogP contribution in [0, 0.1) is 0 Å². The zero-order valence-corrected chi connectivity index (χ0v) is 27.7. The van der Waals surface area contributed by atoms with E-state index in [1.807, 2.05) is 22.9 Å². The Morgan fingerprint density at radius 3 is 2.60 bits per heavy atom. The van der Waals surface area contributed by atoms with Crippen molar-refractivity contribution in [3.63, 3.8) is 0 Å². The standard InChI is InChI=1S/C30H45N3O7SSi/c1-22(39-41(5,34)35)16-18-36-19-20-37-27-12-10-11-25(31-27)29-24-21-23(40-42(6,7)30(2,3)4)14-15-26(24)33(32-29)28-13-8-9-17-38-28/h10-12,14-15,21-22,28H,8-9,13,16-20H2,1-7H3/t22-,28?/m1/s1. The van der Waals surface area contributed by atoms with Gasteiger partial charge in [-0.3, -0.25) is 4.18 Å². The normalized spacial score (nSPS) is 17.4. The minimum absolute atomic E-state index is 0.0734. The first-order valence-electron chi connectivity index (χ1n) is 14.6. The van der Waals surface area contributed by atoms with Gasteiger partial charge in [0.25, 0.3) is 10.1 Å². The van der Waals surface area contributed by atoms with E-state index < -0.39 is 24.5 Å². The van der Waals surface area contributed by atoms with Gasteiger partial charge in [-0.25, -0.2) is 9.67 Å². The topological polar surface area (TPSA) is 111 Å². The van der Waals surface area contributed by atoms with Crippen LogP contribution in [0.25, 0.3) is 22.3 Å². The third kappa shape index (κ3) is 8.53. The first-order valence-corrected chi connectivity index (χ1v) is 19.3. The molecule has 1 aliphatic heterocycles. The minimum Gasteiger partial charge on any atom is -0.543 e. The summed E-state index contributed by atoms with van der Waals surface area (Å²) in [6.07, 6.45) is 4.01. The molecule has 10 nitrogen and oxygen atoms in total. The second-order valence-corrected chi connectivity index (χ2v) is 18.7. The quantitative estimate of drug-likeness (QED) is 0.123. The van der Waals surface area contributed by atoms with E-state index in [0.29, 0.717) is 37.8 Å². The maximum Gasteiger partial charge on any atom is 0.264 e. The van der Waals surface area contributed by atoms with Crippen LogP contribution >= 0.6 is 0 Å². The first-order chi connectivity index (χ1) is 19.7. The largest absolute Gasteiger partial charge is 0.543 e. The van der Waals surface area contributed by atoms with Crippen molar-refractivity contribution in [3.8, 4) is 23.0 Å². The SMILES string of the molecule is C[C@H](CCOCCOc1cccc(-c2nn(C3CCCCO3)c3ccc(O[Si](C)(C)C(C)(C)C)cc23)n1)OS(C)(=O)=O. The molecule has 0 N–H and O–H groups in total. The highest BCUT2D eigenvalue weighted by Gasteiger charge is 2.39. The number of benzene rings is 1. The molecule has 0 bridgehead atoms. The highest BCUT2D eigenvalue weighted by Crippen LogP contribution is 2.39. The van der Waals surface area contributed by atoms with Gasteiger partial charge in [0.2, 0.25) is 14.2 Å². The molecule has 3 aromatic rings. The monoisotopic (exact) mass is 619 g/mol. The van der Waals surface area contributed by atoms with Gasteiger partial charge in [-0.2, -0.15) is 13.5 Å². The van der Waals surface area contributed by atoms with Crippen LogP contribution in [-0.2, 0) is 23.8 Å². The molecule has 1 unspecified atom stereocenters. The molecule has 232 valence electrons. The summed E-state index contributed by atoms with van der Waals surface area (Å²) in [5.74, 6) is 1.30. The predicted molar refractivity (Wildman–Crippen MR) is 166 cm³/mol. The third-order valence-corrected chi connectivity index (χ3v) is 12.8. The Kier molecular flexibility index (Phi) is 10.4. The molecule has 4 rings (SSSR count). The van der Waals surface area contributed by atoms with Gasteiger partial charge in [0.1, 0.15) is 18.1 Å². The van der Waals surface area contributed by atoms with Crippen molar-refractivity contribution in [2.24, 2.45) is 0 Å². The average molecular weight is 620 g/mol. The zero-order valence-electron chi connectivity index (χ0n) is 25.9. The zero-order chi connectivity index (χ0) is 30.5. The fraction of sp³-hybridized carbons (Fsp3) is 0.600. The molecule has 12 heteroatoms. The lowest BCUT2D eigenvalue weighted by Crippen LogP contribution is -2.43. The first kappa shape index (κ1) is 32.4. The number of nitrogens with zero attached hydrogens (tertiary/aromatic N) is 3. The average Bonchev–Trinajstić information content (AvgIpc) is 3.28. The van der Waals surface area contributed by atoms with Crippen molar-refractivity contribution in [1.82, 2.24) is 14.8 Å². The number of pyridine rings is 1. The maximum absolute atomic E-state index is 11.2. The van der Waals surface area contributed by atoms with Crippen molar-refractivity contribution >= 4 is 29.3 Å². The van der Waals surface area contributed by atoms with Gasteiger partial charge in [0.05, 0.1) is 30.2 Å². The van der Waals surface area contributed by atoms with E-state index in [1.54, 1.807) is 13.0 Å². The lowest BCUT2D eigenvalue weighted by Gasteiger charge is -2.36. The van der Waals surface area contributed by atoms with E-state index in [4.69, 9.17) is 32.9 Å². The molecule has 3 heterocycles. The lowest BCUT2D eigenvalue weighted by atomic mass is 10.1. The smallest absolute Gasteiger partial charge is 0.264 e. The van der Waals surface area contributed by atoms with Crippen LogP contribution in [0.1, 0.15) is 59.6 Å². The molecule has 1 fully saturated rings. The molecule has 0 spiro atoms. The van der Waals surface area contributed by atoms with Crippen molar-refractivity contribution in [2.75, 3.05) is 32.7 Å². The van der Waals surface area contributed by atoms with Crippen molar-refractivity contribution in [3.05, 3.63) is 36.4 Å². The summed E-state index contributed by atoms with van der Waals surface area (Å²) in [7, 11) is -5.52.